The fraction of sp³-hybridized carbons (Fsp3) is 0.533. The Morgan fingerprint density at radius 2 is 2.35 bits per heavy atom. The maximum Gasteiger partial charge on any atom is 0.225 e. The Morgan fingerprint density at radius 1 is 1.55 bits per heavy atom. The summed E-state index contributed by atoms with van der Waals surface area (Å²) in [5.41, 5.74) is 0.993. The molecule has 0 radical (unpaired) electrons. The molecule has 0 bridgehead atoms. The Bertz CT molecular complexity index is 504. The molecule has 1 aromatic rings. The van der Waals surface area contributed by atoms with E-state index in [4.69, 9.17) is 0 Å². The monoisotopic (exact) mass is 275 g/mol. The van der Waals surface area contributed by atoms with Crippen LogP contribution < -0.4 is 5.32 Å². The van der Waals surface area contributed by atoms with E-state index >= 15 is 0 Å². The standard InChI is InChI=1S/C15H21N3O2/c1-3-15(8-10-18(2)11-19)7-6-13(20)17-14-12(15)5-4-9-16-14/h4-5,9,11H,3,6-8,10H2,1-2H3,(H,16,17,20). The summed E-state index contributed by atoms with van der Waals surface area (Å²) < 4.78 is 0. The van der Waals surface area contributed by atoms with Gasteiger partial charge in [0.1, 0.15) is 5.82 Å². The first-order chi connectivity index (χ1) is 9.61. The Balaban J connectivity index is 2.35. The van der Waals surface area contributed by atoms with E-state index < -0.39 is 0 Å². The minimum atomic E-state index is -0.0972. The zero-order chi connectivity index (χ0) is 14.6. The van der Waals surface area contributed by atoms with Gasteiger partial charge in [-0.1, -0.05) is 13.0 Å². The molecule has 0 spiro atoms. The van der Waals surface area contributed by atoms with Crippen molar-refractivity contribution in [1.29, 1.82) is 0 Å². The van der Waals surface area contributed by atoms with Crippen molar-refractivity contribution in [2.75, 3.05) is 18.9 Å². The minimum Gasteiger partial charge on any atom is -0.348 e. The van der Waals surface area contributed by atoms with Gasteiger partial charge in [-0.25, -0.2) is 4.98 Å². The molecule has 1 aliphatic heterocycles. The van der Waals surface area contributed by atoms with Crippen molar-refractivity contribution < 1.29 is 9.59 Å². The number of fused-ring (bicyclic) bond motifs is 1. The number of aromatic nitrogens is 1. The first-order valence-electron chi connectivity index (χ1n) is 7.02. The maximum absolute atomic E-state index is 11.8. The summed E-state index contributed by atoms with van der Waals surface area (Å²) in [6.45, 7) is 2.81. The van der Waals surface area contributed by atoms with Gasteiger partial charge >= 0.3 is 0 Å². The maximum atomic E-state index is 11.8. The Hall–Kier alpha value is -1.91. The highest BCUT2D eigenvalue weighted by Crippen LogP contribution is 2.41. The lowest BCUT2D eigenvalue weighted by Crippen LogP contribution is -2.31. The van der Waals surface area contributed by atoms with E-state index in [1.807, 2.05) is 12.1 Å². The number of hydrogen-bond acceptors (Lipinski definition) is 3. The summed E-state index contributed by atoms with van der Waals surface area (Å²) in [7, 11) is 1.78. The number of amides is 2. The molecule has 1 aliphatic rings. The van der Waals surface area contributed by atoms with Crippen LogP contribution in [0.3, 0.4) is 0 Å². The first-order valence-corrected chi connectivity index (χ1v) is 7.02. The molecule has 0 saturated heterocycles. The molecule has 20 heavy (non-hydrogen) atoms. The van der Waals surface area contributed by atoms with Crippen molar-refractivity contribution in [3.8, 4) is 0 Å². The molecule has 0 aromatic carbocycles. The molecular formula is C15H21N3O2. The van der Waals surface area contributed by atoms with Crippen LogP contribution in [-0.2, 0) is 15.0 Å². The highest BCUT2D eigenvalue weighted by molar-refractivity contribution is 5.91. The van der Waals surface area contributed by atoms with Crippen LogP contribution in [0.5, 0.6) is 0 Å². The minimum absolute atomic E-state index is 0.0176. The molecule has 1 N–H and O–H groups in total. The summed E-state index contributed by atoms with van der Waals surface area (Å²) in [4.78, 5) is 28.6. The largest absolute Gasteiger partial charge is 0.348 e. The molecule has 1 atom stereocenters. The second kappa shape index (κ2) is 6.03. The van der Waals surface area contributed by atoms with E-state index in [2.05, 4.69) is 17.2 Å². The van der Waals surface area contributed by atoms with Crippen molar-refractivity contribution >= 4 is 18.1 Å². The molecule has 1 aromatic heterocycles. The number of carbonyl (C=O) groups excluding carboxylic acids is 2. The molecule has 108 valence electrons. The Labute approximate surface area is 119 Å². The van der Waals surface area contributed by atoms with Gasteiger partial charge in [-0.05, 0) is 25.3 Å². The molecule has 5 heteroatoms. The van der Waals surface area contributed by atoms with Gasteiger partial charge in [0.25, 0.3) is 0 Å². The average molecular weight is 275 g/mol. The lowest BCUT2D eigenvalue weighted by molar-refractivity contribution is -0.118. The van der Waals surface area contributed by atoms with Gasteiger partial charge in [0.15, 0.2) is 0 Å². The highest BCUT2D eigenvalue weighted by Gasteiger charge is 2.36. The quantitative estimate of drug-likeness (QED) is 0.835. The van der Waals surface area contributed by atoms with Crippen molar-refractivity contribution in [3.63, 3.8) is 0 Å². The van der Waals surface area contributed by atoms with Crippen LogP contribution in [0, 0.1) is 0 Å². The molecule has 0 aliphatic carbocycles. The zero-order valence-electron chi connectivity index (χ0n) is 12.1. The predicted molar refractivity (Wildman–Crippen MR) is 77.4 cm³/mol. The van der Waals surface area contributed by atoms with Crippen LogP contribution in [0.25, 0.3) is 0 Å². The summed E-state index contributed by atoms with van der Waals surface area (Å²) in [5.74, 6) is 0.689. The molecule has 2 rings (SSSR count). The fourth-order valence-electron chi connectivity index (χ4n) is 2.86. The number of pyridine rings is 1. The van der Waals surface area contributed by atoms with Gasteiger partial charge in [-0.15, -0.1) is 0 Å². The number of anilines is 1. The second-order valence-electron chi connectivity index (χ2n) is 5.42. The van der Waals surface area contributed by atoms with E-state index in [0.717, 1.165) is 31.2 Å². The normalized spacial score (nSPS) is 21.6. The van der Waals surface area contributed by atoms with Crippen LogP contribution in [-0.4, -0.2) is 35.8 Å². The summed E-state index contributed by atoms with van der Waals surface area (Å²) in [6.07, 6.45) is 5.59. The number of carbonyl (C=O) groups is 2. The van der Waals surface area contributed by atoms with Crippen molar-refractivity contribution in [2.45, 2.75) is 38.0 Å². The van der Waals surface area contributed by atoms with Crippen LogP contribution in [0.2, 0.25) is 0 Å². The third-order valence-electron chi connectivity index (χ3n) is 4.27. The third-order valence-corrected chi connectivity index (χ3v) is 4.27. The van der Waals surface area contributed by atoms with Crippen molar-refractivity contribution in [2.24, 2.45) is 0 Å². The molecular weight excluding hydrogens is 254 g/mol. The molecule has 0 fully saturated rings. The summed E-state index contributed by atoms with van der Waals surface area (Å²) in [6, 6.07) is 3.95. The predicted octanol–water partition coefficient (Wildman–Crippen LogP) is 1.94. The molecule has 2 amide bonds. The lowest BCUT2D eigenvalue weighted by atomic mass is 9.72. The molecule has 0 saturated carbocycles. The summed E-state index contributed by atoms with van der Waals surface area (Å²) in [5, 5.41) is 2.88. The van der Waals surface area contributed by atoms with E-state index in [1.54, 1.807) is 18.1 Å². The SMILES string of the molecule is CCC1(CCN(C)C=O)CCC(=O)Nc2ncccc21. The molecule has 5 nitrogen and oxygen atoms in total. The van der Waals surface area contributed by atoms with E-state index in [1.165, 1.54) is 0 Å². The first kappa shape index (κ1) is 14.5. The van der Waals surface area contributed by atoms with Crippen LogP contribution >= 0.6 is 0 Å². The zero-order valence-corrected chi connectivity index (χ0v) is 12.1. The fourth-order valence-corrected chi connectivity index (χ4v) is 2.86. The number of hydrogen-bond donors (Lipinski definition) is 1. The van der Waals surface area contributed by atoms with Crippen LogP contribution in [0.15, 0.2) is 18.3 Å². The Morgan fingerprint density at radius 3 is 3.05 bits per heavy atom. The van der Waals surface area contributed by atoms with Gasteiger partial charge in [-0.3, -0.25) is 9.59 Å². The van der Waals surface area contributed by atoms with Crippen LogP contribution in [0.4, 0.5) is 5.82 Å². The Kier molecular flexibility index (Phi) is 4.37. The van der Waals surface area contributed by atoms with Gasteiger partial charge < -0.3 is 10.2 Å². The highest BCUT2D eigenvalue weighted by atomic mass is 16.1. The average Bonchev–Trinajstić information content (AvgIpc) is 2.62. The second-order valence-corrected chi connectivity index (χ2v) is 5.42. The topological polar surface area (TPSA) is 62.3 Å². The smallest absolute Gasteiger partial charge is 0.225 e. The van der Waals surface area contributed by atoms with Gasteiger partial charge in [0, 0.05) is 37.2 Å². The van der Waals surface area contributed by atoms with Crippen molar-refractivity contribution in [1.82, 2.24) is 9.88 Å². The molecule has 2 heterocycles. The van der Waals surface area contributed by atoms with Gasteiger partial charge in [-0.2, -0.15) is 0 Å². The summed E-state index contributed by atoms with van der Waals surface area (Å²) >= 11 is 0. The van der Waals surface area contributed by atoms with E-state index in [9.17, 15) is 9.59 Å². The van der Waals surface area contributed by atoms with Crippen LogP contribution in [0.1, 0.15) is 38.2 Å². The number of nitrogens with zero attached hydrogens (tertiary/aromatic N) is 2. The number of rotatable bonds is 5. The third kappa shape index (κ3) is 2.81. The lowest BCUT2D eigenvalue weighted by Gasteiger charge is -2.33. The molecule has 1 unspecified atom stereocenters. The van der Waals surface area contributed by atoms with Crippen molar-refractivity contribution in [3.05, 3.63) is 23.9 Å². The van der Waals surface area contributed by atoms with E-state index in [0.29, 0.717) is 18.8 Å². The van der Waals surface area contributed by atoms with Gasteiger partial charge in [0.05, 0.1) is 0 Å². The van der Waals surface area contributed by atoms with Gasteiger partial charge in [0.2, 0.25) is 12.3 Å². The number of nitrogens with one attached hydrogen (secondary N) is 1. The van der Waals surface area contributed by atoms with E-state index in [-0.39, 0.29) is 11.3 Å².